The van der Waals surface area contributed by atoms with Gasteiger partial charge in [0, 0.05) is 6.42 Å². The van der Waals surface area contributed by atoms with E-state index in [0.29, 0.717) is 6.29 Å². The Morgan fingerprint density at radius 3 is 2.36 bits per heavy atom. The molecule has 1 rings (SSSR count). The number of rotatable bonds is 3. The Balaban J connectivity index is 3.23. The van der Waals surface area contributed by atoms with Gasteiger partial charge in [-0.2, -0.15) is 0 Å². The van der Waals surface area contributed by atoms with Crippen LogP contribution in [-0.2, 0) is 10.4 Å². The lowest BCUT2D eigenvalue weighted by Crippen LogP contribution is -2.24. The maximum atomic E-state index is 13.2. The van der Waals surface area contributed by atoms with Crippen molar-refractivity contribution in [1.82, 2.24) is 0 Å². The number of aliphatic hydroxyl groups is 1. The number of hydrogen-bond acceptors (Lipinski definition) is 2. The fraction of sp³-hybridized carbons (Fsp3) is 0.300. The van der Waals surface area contributed by atoms with Crippen LogP contribution in [0.3, 0.4) is 0 Å². The minimum absolute atomic E-state index is 0.342. The predicted molar refractivity (Wildman–Crippen MR) is 46.6 cm³/mol. The summed E-state index contributed by atoms with van der Waals surface area (Å²) < 4.78 is 26.3. The summed E-state index contributed by atoms with van der Waals surface area (Å²) in [5, 5.41) is 9.64. The van der Waals surface area contributed by atoms with Crippen LogP contribution in [0.2, 0.25) is 0 Å². The van der Waals surface area contributed by atoms with Gasteiger partial charge in [0.1, 0.15) is 17.9 Å². The van der Waals surface area contributed by atoms with Gasteiger partial charge in [-0.1, -0.05) is 6.07 Å². The average Bonchev–Trinajstić information content (AvgIpc) is 2.02. The van der Waals surface area contributed by atoms with Crippen molar-refractivity contribution < 1.29 is 18.7 Å². The SMILES string of the molecule is CC(O)(CC=O)c1c(F)cccc1F. The lowest BCUT2D eigenvalue weighted by Gasteiger charge is -2.21. The minimum atomic E-state index is -1.79. The normalized spacial score (nSPS) is 14.9. The van der Waals surface area contributed by atoms with E-state index in [2.05, 4.69) is 0 Å². The third-order valence-electron chi connectivity index (χ3n) is 1.98. The molecule has 4 heteroatoms. The van der Waals surface area contributed by atoms with Crippen molar-refractivity contribution in [2.45, 2.75) is 18.9 Å². The summed E-state index contributed by atoms with van der Waals surface area (Å²) in [6.07, 6.45) is 0.0801. The number of benzene rings is 1. The first-order valence-electron chi connectivity index (χ1n) is 4.09. The second-order valence-corrected chi connectivity index (χ2v) is 3.24. The molecule has 1 aromatic rings. The van der Waals surface area contributed by atoms with Gasteiger partial charge in [-0.3, -0.25) is 0 Å². The van der Waals surface area contributed by atoms with Gasteiger partial charge in [0.25, 0.3) is 0 Å². The van der Waals surface area contributed by atoms with E-state index in [0.717, 1.165) is 12.1 Å². The molecule has 1 N–H and O–H groups in total. The Morgan fingerprint density at radius 2 is 1.93 bits per heavy atom. The first-order chi connectivity index (χ1) is 6.49. The van der Waals surface area contributed by atoms with Crippen LogP contribution in [0.25, 0.3) is 0 Å². The van der Waals surface area contributed by atoms with Gasteiger partial charge in [-0.25, -0.2) is 8.78 Å². The molecule has 0 amide bonds. The molecule has 0 saturated carbocycles. The monoisotopic (exact) mass is 200 g/mol. The van der Waals surface area contributed by atoms with Gasteiger partial charge in [0.15, 0.2) is 0 Å². The molecule has 0 fully saturated rings. The van der Waals surface area contributed by atoms with Crippen molar-refractivity contribution in [3.63, 3.8) is 0 Å². The second-order valence-electron chi connectivity index (χ2n) is 3.24. The third kappa shape index (κ3) is 1.96. The number of aldehydes is 1. The van der Waals surface area contributed by atoms with Gasteiger partial charge in [-0.15, -0.1) is 0 Å². The van der Waals surface area contributed by atoms with Crippen LogP contribution >= 0.6 is 0 Å². The number of carbonyl (C=O) groups excluding carboxylic acids is 1. The molecule has 0 bridgehead atoms. The van der Waals surface area contributed by atoms with Crippen LogP contribution in [0.1, 0.15) is 18.9 Å². The quantitative estimate of drug-likeness (QED) is 0.755. The molecule has 1 aromatic carbocycles. The molecule has 0 aliphatic rings. The van der Waals surface area contributed by atoms with E-state index >= 15 is 0 Å². The Hall–Kier alpha value is -1.29. The second kappa shape index (κ2) is 3.84. The molecule has 0 aromatic heterocycles. The van der Waals surface area contributed by atoms with E-state index in [-0.39, 0.29) is 6.42 Å². The van der Waals surface area contributed by atoms with Crippen LogP contribution < -0.4 is 0 Å². The summed E-state index contributed by atoms with van der Waals surface area (Å²) in [6, 6.07) is 3.28. The van der Waals surface area contributed by atoms with E-state index in [1.807, 2.05) is 0 Å². The highest BCUT2D eigenvalue weighted by atomic mass is 19.1. The zero-order valence-electron chi connectivity index (χ0n) is 7.63. The Bertz CT molecular complexity index is 328. The average molecular weight is 200 g/mol. The van der Waals surface area contributed by atoms with E-state index in [9.17, 15) is 18.7 Å². The first kappa shape index (κ1) is 10.8. The van der Waals surface area contributed by atoms with Crippen molar-refractivity contribution in [3.05, 3.63) is 35.4 Å². The molecule has 0 saturated heterocycles. The van der Waals surface area contributed by atoms with E-state index in [1.165, 1.54) is 13.0 Å². The van der Waals surface area contributed by atoms with Gasteiger partial charge in [0.2, 0.25) is 0 Å². The van der Waals surface area contributed by atoms with E-state index in [4.69, 9.17) is 0 Å². The van der Waals surface area contributed by atoms with Crippen molar-refractivity contribution >= 4 is 6.29 Å². The van der Waals surface area contributed by atoms with Gasteiger partial charge in [-0.05, 0) is 19.1 Å². The molecule has 76 valence electrons. The molecule has 1 unspecified atom stereocenters. The maximum absolute atomic E-state index is 13.2. The highest BCUT2D eigenvalue weighted by Gasteiger charge is 2.29. The molecule has 14 heavy (non-hydrogen) atoms. The van der Waals surface area contributed by atoms with E-state index < -0.39 is 22.8 Å². The molecular formula is C10H10F2O2. The molecule has 0 spiro atoms. The standard InChI is InChI=1S/C10H10F2O2/c1-10(14,5-6-13)9-7(11)3-2-4-8(9)12/h2-4,6,14H,5H2,1H3. The summed E-state index contributed by atoms with van der Waals surface area (Å²) in [4.78, 5) is 10.2. The number of halogens is 2. The Morgan fingerprint density at radius 1 is 1.43 bits per heavy atom. The zero-order valence-corrected chi connectivity index (χ0v) is 7.63. The topological polar surface area (TPSA) is 37.3 Å². The van der Waals surface area contributed by atoms with Crippen LogP contribution in [0.15, 0.2) is 18.2 Å². The largest absolute Gasteiger partial charge is 0.385 e. The molecule has 0 radical (unpaired) electrons. The summed E-state index contributed by atoms with van der Waals surface area (Å²) >= 11 is 0. The van der Waals surface area contributed by atoms with Crippen LogP contribution in [0, 0.1) is 11.6 Å². The summed E-state index contributed by atoms with van der Waals surface area (Å²) in [5.41, 5.74) is -2.26. The predicted octanol–water partition coefficient (Wildman–Crippen LogP) is 1.76. The Labute approximate surface area is 80.2 Å². The van der Waals surface area contributed by atoms with Crippen LogP contribution in [0.5, 0.6) is 0 Å². The number of carbonyl (C=O) groups is 1. The molecule has 0 aliphatic carbocycles. The van der Waals surface area contributed by atoms with Crippen molar-refractivity contribution in [2.75, 3.05) is 0 Å². The molecular weight excluding hydrogens is 190 g/mol. The fourth-order valence-electron chi connectivity index (χ4n) is 1.28. The summed E-state index contributed by atoms with van der Waals surface area (Å²) in [5.74, 6) is -1.70. The molecule has 0 heterocycles. The molecule has 0 aliphatic heterocycles. The Kier molecular flexibility index (Phi) is 2.96. The highest BCUT2D eigenvalue weighted by Crippen LogP contribution is 2.28. The van der Waals surface area contributed by atoms with Crippen molar-refractivity contribution in [3.8, 4) is 0 Å². The lowest BCUT2D eigenvalue weighted by atomic mass is 9.92. The van der Waals surface area contributed by atoms with Crippen molar-refractivity contribution in [1.29, 1.82) is 0 Å². The molecule has 1 atom stereocenters. The lowest BCUT2D eigenvalue weighted by molar-refractivity contribution is -0.112. The first-order valence-corrected chi connectivity index (χ1v) is 4.09. The van der Waals surface area contributed by atoms with Crippen molar-refractivity contribution in [2.24, 2.45) is 0 Å². The molecule has 2 nitrogen and oxygen atoms in total. The number of hydrogen-bond donors (Lipinski definition) is 1. The summed E-state index contributed by atoms with van der Waals surface area (Å²) in [6.45, 7) is 1.20. The third-order valence-corrected chi connectivity index (χ3v) is 1.98. The van der Waals surface area contributed by atoms with Crippen LogP contribution in [0.4, 0.5) is 8.78 Å². The fourth-order valence-corrected chi connectivity index (χ4v) is 1.28. The minimum Gasteiger partial charge on any atom is -0.385 e. The van der Waals surface area contributed by atoms with Gasteiger partial charge < -0.3 is 9.90 Å². The summed E-state index contributed by atoms with van der Waals surface area (Å²) in [7, 11) is 0. The van der Waals surface area contributed by atoms with E-state index in [1.54, 1.807) is 0 Å². The smallest absolute Gasteiger partial charge is 0.132 e. The maximum Gasteiger partial charge on any atom is 0.132 e. The zero-order chi connectivity index (χ0) is 10.8. The van der Waals surface area contributed by atoms with Gasteiger partial charge >= 0.3 is 0 Å². The van der Waals surface area contributed by atoms with Gasteiger partial charge in [0.05, 0.1) is 11.2 Å². The van der Waals surface area contributed by atoms with Crippen LogP contribution in [-0.4, -0.2) is 11.4 Å². The highest BCUT2D eigenvalue weighted by molar-refractivity contribution is 5.52.